The van der Waals surface area contributed by atoms with Crippen molar-refractivity contribution < 1.29 is 9.53 Å². The highest BCUT2D eigenvalue weighted by molar-refractivity contribution is 5.94. The summed E-state index contributed by atoms with van der Waals surface area (Å²) >= 11 is 0. The van der Waals surface area contributed by atoms with E-state index in [9.17, 15) is 4.79 Å². The summed E-state index contributed by atoms with van der Waals surface area (Å²) in [5.74, 6) is 0.788. The maximum Gasteiger partial charge on any atom is 0.251 e. The highest BCUT2D eigenvalue weighted by Gasteiger charge is 2.20. The summed E-state index contributed by atoms with van der Waals surface area (Å²) in [6, 6.07) is 17.4. The molecule has 3 aromatic rings. The highest BCUT2D eigenvalue weighted by Crippen LogP contribution is 2.21. The standard InChI is InChI=1S/C22H26N6O2/c29-22(18-7-2-1-3-8-18)24-19-11-14-27(15-12-19)13-6-16-30-21-10-5-4-9-20(21)28-17-23-25-26-28/h1-5,7-10,17,19H,6,11-16H2,(H,24,29). The molecule has 1 saturated heterocycles. The SMILES string of the molecule is O=C(NC1CCN(CCCOc2ccccc2-n2cnnn2)CC1)c1ccccc1. The van der Waals surface area contributed by atoms with Crippen LogP contribution < -0.4 is 10.1 Å². The smallest absolute Gasteiger partial charge is 0.251 e. The monoisotopic (exact) mass is 406 g/mol. The molecule has 4 rings (SSSR count). The summed E-state index contributed by atoms with van der Waals surface area (Å²) in [7, 11) is 0. The lowest BCUT2D eigenvalue weighted by Crippen LogP contribution is -2.45. The summed E-state index contributed by atoms with van der Waals surface area (Å²) in [4.78, 5) is 14.7. The summed E-state index contributed by atoms with van der Waals surface area (Å²) in [6.45, 7) is 3.58. The minimum absolute atomic E-state index is 0.0173. The van der Waals surface area contributed by atoms with Gasteiger partial charge in [0.25, 0.3) is 5.91 Å². The fraction of sp³-hybridized carbons (Fsp3) is 0.364. The molecule has 0 saturated carbocycles. The number of ether oxygens (including phenoxy) is 1. The predicted octanol–water partition coefficient (Wildman–Crippen LogP) is 2.33. The van der Waals surface area contributed by atoms with Gasteiger partial charge in [0.1, 0.15) is 17.8 Å². The molecule has 1 aliphatic rings. The first-order chi connectivity index (χ1) is 14.8. The van der Waals surface area contributed by atoms with Gasteiger partial charge in [-0.25, -0.2) is 0 Å². The van der Waals surface area contributed by atoms with Crippen molar-refractivity contribution in [3.63, 3.8) is 0 Å². The van der Waals surface area contributed by atoms with Gasteiger partial charge >= 0.3 is 0 Å². The molecule has 0 bridgehead atoms. The van der Waals surface area contributed by atoms with Gasteiger partial charge in [-0.3, -0.25) is 4.79 Å². The Bertz CT molecular complexity index is 924. The van der Waals surface area contributed by atoms with Gasteiger partial charge in [-0.05, 0) is 54.0 Å². The molecule has 0 unspecified atom stereocenters. The van der Waals surface area contributed by atoms with E-state index in [2.05, 4.69) is 25.7 Å². The number of nitrogens with one attached hydrogen (secondary N) is 1. The summed E-state index contributed by atoms with van der Waals surface area (Å²) < 4.78 is 7.58. The second-order valence-corrected chi connectivity index (χ2v) is 7.38. The first-order valence-electron chi connectivity index (χ1n) is 10.3. The lowest BCUT2D eigenvalue weighted by molar-refractivity contribution is 0.0909. The van der Waals surface area contributed by atoms with E-state index in [1.165, 1.54) is 0 Å². The number of amides is 1. The van der Waals surface area contributed by atoms with Crippen LogP contribution in [0.4, 0.5) is 0 Å². The van der Waals surface area contributed by atoms with Gasteiger partial charge in [0.15, 0.2) is 0 Å². The van der Waals surface area contributed by atoms with Crippen molar-refractivity contribution in [1.82, 2.24) is 30.4 Å². The Balaban J connectivity index is 1.17. The van der Waals surface area contributed by atoms with Crippen molar-refractivity contribution in [2.24, 2.45) is 0 Å². The van der Waals surface area contributed by atoms with Gasteiger partial charge in [-0.2, -0.15) is 4.68 Å². The van der Waals surface area contributed by atoms with Crippen molar-refractivity contribution in [3.8, 4) is 11.4 Å². The minimum Gasteiger partial charge on any atom is -0.491 e. The highest BCUT2D eigenvalue weighted by atomic mass is 16.5. The lowest BCUT2D eigenvalue weighted by Gasteiger charge is -2.32. The average molecular weight is 406 g/mol. The molecule has 1 amide bonds. The topological polar surface area (TPSA) is 85.2 Å². The van der Waals surface area contributed by atoms with Crippen LogP contribution in [0.15, 0.2) is 60.9 Å². The summed E-state index contributed by atoms with van der Waals surface area (Å²) in [5, 5.41) is 14.5. The van der Waals surface area contributed by atoms with Crippen LogP contribution >= 0.6 is 0 Å². The third-order valence-electron chi connectivity index (χ3n) is 5.30. The van der Waals surface area contributed by atoms with E-state index in [1.54, 1.807) is 11.0 Å². The van der Waals surface area contributed by atoms with Crippen LogP contribution in [-0.4, -0.2) is 63.3 Å². The van der Waals surface area contributed by atoms with E-state index in [1.807, 2.05) is 54.6 Å². The number of nitrogens with zero attached hydrogens (tertiary/aromatic N) is 5. The second kappa shape index (κ2) is 9.98. The number of carbonyl (C=O) groups excluding carboxylic acids is 1. The van der Waals surface area contributed by atoms with Crippen molar-refractivity contribution in [2.75, 3.05) is 26.2 Å². The average Bonchev–Trinajstić information content (AvgIpc) is 3.33. The van der Waals surface area contributed by atoms with E-state index < -0.39 is 0 Å². The third-order valence-corrected chi connectivity index (χ3v) is 5.30. The number of hydrogen-bond donors (Lipinski definition) is 1. The number of likely N-dealkylation sites (tertiary alicyclic amines) is 1. The quantitative estimate of drug-likeness (QED) is 0.578. The Morgan fingerprint density at radius 3 is 2.60 bits per heavy atom. The number of tetrazole rings is 1. The van der Waals surface area contributed by atoms with E-state index in [0.717, 1.165) is 55.9 Å². The molecule has 2 heterocycles. The Hall–Kier alpha value is -3.26. The Labute approximate surface area is 175 Å². The van der Waals surface area contributed by atoms with E-state index in [0.29, 0.717) is 6.61 Å². The van der Waals surface area contributed by atoms with Gasteiger partial charge in [-0.1, -0.05) is 30.3 Å². The zero-order valence-corrected chi connectivity index (χ0v) is 16.9. The van der Waals surface area contributed by atoms with Gasteiger partial charge in [0.05, 0.1) is 6.61 Å². The predicted molar refractivity (Wildman–Crippen MR) is 113 cm³/mol. The molecule has 0 radical (unpaired) electrons. The molecule has 8 nitrogen and oxygen atoms in total. The second-order valence-electron chi connectivity index (χ2n) is 7.38. The zero-order chi connectivity index (χ0) is 20.6. The molecule has 2 aromatic carbocycles. The first-order valence-corrected chi connectivity index (χ1v) is 10.3. The number of benzene rings is 2. The molecule has 1 aliphatic heterocycles. The molecule has 30 heavy (non-hydrogen) atoms. The largest absolute Gasteiger partial charge is 0.491 e. The number of hydrogen-bond acceptors (Lipinski definition) is 6. The van der Waals surface area contributed by atoms with Crippen LogP contribution in [-0.2, 0) is 0 Å². The molecule has 1 N–H and O–H groups in total. The molecular formula is C22H26N6O2. The Morgan fingerprint density at radius 1 is 1.07 bits per heavy atom. The van der Waals surface area contributed by atoms with Gasteiger partial charge in [-0.15, -0.1) is 5.10 Å². The number of aromatic nitrogens is 4. The van der Waals surface area contributed by atoms with Gasteiger partial charge in [0, 0.05) is 31.2 Å². The van der Waals surface area contributed by atoms with Crippen LogP contribution in [0.5, 0.6) is 5.75 Å². The molecule has 8 heteroatoms. The van der Waals surface area contributed by atoms with Crippen LogP contribution in [0.2, 0.25) is 0 Å². The molecule has 156 valence electrons. The number of para-hydroxylation sites is 2. The maximum atomic E-state index is 12.3. The van der Waals surface area contributed by atoms with Crippen molar-refractivity contribution >= 4 is 5.91 Å². The molecule has 0 spiro atoms. The van der Waals surface area contributed by atoms with E-state index in [-0.39, 0.29) is 11.9 Å². The third kappa shape index (κ3) is 5.21. The summed E-state index contributed by atoms with van der Waals surface area (Å²) in [6.07, 6.45) is 4.44. The molecule has 1 aromatic heterocycles. The fourth-order valence-electron chi connectivity index (χ4n) is 3.67. The van der Waals surface area contributed by atoms with Crippen LogP contribution in [0.3, 0.4) is 0 Å². The Kier molecular flexibility index (Phi) is 6.66. The molecule has 0 atom stereocenters. The van der Waals surface area contributed by atoms with Crippen molar-refractivity contribution in [3.05, 3.63) is 66.5 Å². The summed E-state index contributed by atoms with van der Waals surface area (Å²) in [5.41, 5.74) is 1.55. The maximum absolute atomic E-state index is 12.3. The van der Waals surface area contributed by atoms with Gasteiger partial charge < -0.3 is 15.0 Å². The molecular weight excluding hydrogens is 380 g/mol. The van der Waals surface area contributed by atoms with Crippen LogP contribution in [0.25, 0.3) is 5.69 Å². The van der Waals surface area contributed by atoms with Crippen LogP contribution in [0, 0.1) is 0 Å². The number of piperidine rings is 1. The zero-order valence-electron chi connectivity index (χ0n) is 16.9. The minimum atomic E-state index is 0.0173. The van der Waals surface area contributed by atoms with Gasteiger partial charge in [0.2, 0.25) is 0 Å². The fourth-order valence-corrected chi connectivity index (χ4v) is 3.67. The first kappa shape index (κ1) is 20.0. The Morgan fingerprint density at radius 2 is 1.83 bits per heavy atom. The van der Waals surface area contributed by atoms with Crippen LogP contribution in [0.1, 0.15) is 29.6 Å². The number of carbonyl (C=O) groups is 1. The molecule has 0 aliphatic carbocycles. The van der Waals surface area contributed by atoms with Crippen molar-refractivity contribution in [2.45, 2.75) is 25.3 Å². The van der Waals surface area contributed by atoms with E-state index in [4.69, 9.17) is 4.74 Å². The lowest BCUT2D eigenvalue weighted by atomic mass is 10.0. The number of rotatable bonds is 8. The van der Waals surface area contributed by atoms with E-state index >= 15 is 0 Å². The normalized spacial score (nSPS) is 15.1. The molecule has 1 fully saturated rings. The van der Waals surface area contributed by atoms with Crippen molar-refractivity contribution in [1.29, 1.82) is 0 Å².